The summed E-state index contributed by atoms with van der Waals surface area (Å²) in [6.07, 6.45) is 9.18. The number of thiocarbonyl (C=S) groups is 2. The molecule has 0 aliphatic carbocycles. The third-order valence-electron chi connectivity index (χ3n) is 3.04. The Morgan fingerprint density at radius 2 is 1.04 bits per heavy atom. The van der Waals surface area contributed by atoms with Crippen molar-refractivity contribution in [2.75, 3.05) is 0 Å². The summed E-state index contributed by atoms with van der Waals surface area (Å²) >= 11 is 9.38. The Balaban J connectivity index is 0. The maximum atomic E-state index is 5.31. The summed E-state index contributed by atoms with van der Waals surface area (Å²) in [5, 5.41) is 8.59. The lowest BCUT2D eigenvalue weighted by Crippen LogP contribution is -2.25. The van der Waals surface area contributed by atoms with Crippen molar-refractivity contribution in [1.29, 1.82) is 0 Å². The van der Waals surface area contributed by atoms with Crippen LogP contribution >= 0.6 is 24.4 Å². The van der Waals surface area contributed by atoms with Crippen LogP contribution in [0.2, 0.25) is 0 Å². The van der Waals surface area contributed by atoms with Gasteiger partial charge in [0.1, 0.15) is 0 Å². The van der Waals surface area contributed by atoms with E-state index in [4.69, 9.17) is 35.9 Å². The van der Waals surface area contributed by atoms with Crippen LogP contribution in [0.1, 0.15) is 65.2 Å². The Morgan fingerprint density at radius 1 is 0.739 bits per heavy atom. The van der Waals surface area contributed by atoms with E-state index in [2.05, 4.69) is 21.1 Å². The minimum atomic E-state index is 0. The smallest absolute Gasteiger partial charge is 0.184 e. The molecule has 9 heteroatoms. The number of hydrogen-bond donors (Lipinski definition) is 4. The third-order valence-corrected chi connectivity index (χ3v) is 3.22. The molecule has 0 atom stereocenters. The van der Waals surface area contributed by atoms with Crippen LogP contribution in [0.3, 0.4) is 0 Å². The number of rotatable bonds is 11. The van der Waals surface area contributed by atoms with Gasteiger partial charge in [-0.2, -0.15) is 10.2 Å². The van der Waals surface area contributed by atoms with Crippen LogP contribution in [-0.4, -0.2) is 27.1 Å². The zero-order valence-corrected chi connectivity index (χ0v) is 15.7. The van der Waals surface area contributed by atoms with E-state index in [-0.39, 0.29) is 15.7 Å². The minimum Gasteiger partial charge on any atom is -0.412 e. The van der Waals surface area contributed by atoms with E-state index in [1.165, 1.54) is 25.7 Å². The molecule has 0 aromatic heterocycles. The first-order valence-corrected chi connectivity index (χ1v) is 8.40. The molecule has 0 spiro atoms. The predicted octanol–water partition coefficient (Wildman–Crippen LogP) is 1.70. The van der Waals surface area contributed by atoms with Crippen molar-refractivity contribution in [3.05, 3.63) is 0 Å². The van der Waals surface area contributed by atoms with Crippen molar-refractivity contribution in [2.45, 2.75) is 65.2 Å². The van der Waals surface area contributed by atoms with Crippen molar-refractivity contribution in [1.82, 2.24) is 10.9 Å². The Bertz CT molecular complexity index is 374. The minimum absolute atomic E-state index is 0. The molecule has 8 N–H and O–H groups in total. The molecular weight excluding hydrogens is 332 g/mol. The average molecular weight is 363 g/mol. The first-order valence-electron chi connectivity index (χ1n) is 7.59. The van der Waals surface area contributed by atoms with Gasteiger partial charge in [0.25, 0.3) is 0 Å². The summed E-state index contributed by atoms with van der Waals surface area (Å²) in [6.45, 7) is 3.96. The van der Waals surface area contributed by atoms with Crippen LogP contribution in [0.5, 0.6) is 0 Å². The van der Waals surface area contributed by atoms with E-state index >= 15 is 0 Å². The highest BCUT2D eigenvalue weighted by Gasteiger charge is 1.96. The number of nitrogens with two attached hydrogens (primary N) is 2. The molecule has 0 aromatic rings. The molecule has 0 aromatic carbocycles. The number of hydrazone groups is 2. The number of unbranched alkanes of at least 4 members (excludes halogenated alkanes) is 5. The maximum Gasteiger partial charge on any atom is 0.184 e. The molecular formula is C14H30N6OS2. The second-order valence-corrected chi connectivity index (χ2v) is 6.15. The van der Waals surface area contributed by atoms with Crippen LogP contribution in [0.25, 0.3) is 0 Å². The predicted molar refractivity (Wildman–Crippen MR) is 107 cm³/mol. The van der Waals surface area contributed by atoms with Gasteiger partial charge in [0.2, 0.25) is 0 Å². The number of nitrogens with one attached hydrogen (secondary N) is 2. The molecule has 0 fully saturated rings. The first-order chi connectivity index (χ1) is 10.4. The van der Waals surface area contributed by atoms with Gasteiger partial charge in [-0.1, -0.05) is 25.7 Å². The summed E-state index contributed by atoms with van der Waals surface area (Å²) in [6, 6.07) is 0. The lowest BCUT2D eigenvalue weighted by Gasteiger charge is -2.04. The molecule has 0 saturated carbocycles. The van der Waals surface area contributed by atoms with Crippen molar-refractivity contribution < 1.29 is 5.48 Å². The van der Waals surface area contributed by atoms with E-state index in [9.17, 15) is 0 Å². The summed E-state index contributed by atoms with van der Waals surface area (Å²) in [5.41, 5.74) is 17.9. The Hall–Kier alpha value is -1.32. The zero-order valence-electron chi connectivity index (χ0n) is 14.0. The molecule has 0 aliphatic heterocycles. The quantitative estimate of drug-likeness (QED) is 0.191. The van der Waals surface area contributed by atoms with Gasteiger partial charge in [-0.15, -0.1) is 0 Å². The molecule has 0 unspecified atom stereocenters. The third kappa shape index (κ3) is 18.6. The van der Waals surface area contributed by atoms with E-state index in [0.29, 0.717) is 0 Å². The Kier molecular flexibility index (Phi) is 16.2. The summed E-state index contributed by atoms with van der Waals surface area (Å²) in [7, 11) is 0. The number of hydrogen-bond acceptors (Lipinski definition) is 4. The lowest BCUT2D eigenvalue weighted by atomic mass is 10.1. The van der Waals surface area contributed by atoms with Gasteiger partial charge in [-0.3, -0.25) is 10.9 Å². The summed E-state index contributed by atoms with van der Waals surface area (Å²) in [5.74, 6) is 0. The fourth-order valence-electron chi connectivity index (χ4n) is 1.88. The van der Waals surface area contributed by atoms with Crippen LogP contribution in [-0.2, 0) is 0 Å². The largest absolute Gasteiger partial charge is 0.412 e. The van der Waals surface area contributed by atoms with Crippen LogP contribution < -0.4 is 22.3 Å². The van der Waals surface area contributed by atoms with Crippen LogP contribution in [0.15, 0.2) is 10.2 Å². The van der Waals surface area contributed by atoms with Gasteiger partial charge < -0.3 is 16.9 Å². The second-order valence-electron chi connectivity index (χ2n) is 5.27. The van der Waals surface area contributed by atoms with E-state index < -0.39 is 0 Å². The lowest BCUT2D eigenvalue weighted by molar-refractivity contribution is 0.606. The first kappa shape index (κ1) is 23.9. The van der Waals surface area contributed by atoms with Crippen molar-refractivity contribution in [3.63, 3.8) is 0 Å². The van der Waals surface area contributed by atoms with E-state index in [0.717, 1.165) is 37.1 Å². The topological polar surface area (TPSA) is 132 Å². The molecule has 0 aliphatic rings. The SMILES string of the molecule is C/C(CCCCCCCC/C(C)=N/NC(N)=S)=N\NC(N)=S.O. The van der Waals surface area contributed by atoms with Gasteiger partial charge in [-0.25, -0.2) is 0 Å². The highest BCUT2D eigenvalue weighted by atomic mass is 32.1. The zero-order chi connectivity index (χ0) is 16.8. The second kappa shape index (κ2) is 15.6. The highest BCUT2D eigenvalue weighted by molar-refractivity contribution is 7.80. The highest BCUT2D eigenvalue weighted by Crippen LogP contribution is 2.09. The summed E-state index contributed by atoms with van der Waals surface area (Å²) in [4.78, 5) is 0. The molecule has 0 heterocycles. The van der Waals surface area contributed by atoms with Crippen molar-refractivity contribution in [3.8, 4) is 0 Å². The van der Waals surface area contributed by atoms with Gasteiger partial charge in [-0.05, 0) is 64.0 Å². The molecule has 7 nitrogen and oxygen atoms in total. The Morgan fingerprint density at radius 3 is 1.35 bits per heavy atom. The standard InChI is InChI=1S/C14H28N6S2.H2O/c1-11(17-19-13(15)21)9-7-5-3-4-6-8-10-12(2)18-20-14(16)22;/h3-10H2,1-2H3,(H3,15,19,21)(H3,16,20,22);1H2/b17-11+,18-12+;. The molecule has 23 heavy (non-hydrogen) atoms. The normalized spacial score (nSPS) is 11.6. The van der Waals surface area contributed by atoms with E-state index in [1.54, 1.807) is 0 Å². The fraction of sp³-hybridized carbons (Fsp3) is 0.714. The Labute approximate surface area is 149 Å². The van der Waals surface area contributed by atoms with Gasteiger partial charge in [0, 0.05) is 11.4 Å². The average Bonchev–Trinajstić information content (AvgIpc) is 2.45. The van der Waals surface area contributed by atoms with Crippen LogP contribution in [0.4, 0.5) is 0 Å². The van der Waals surface area contributed by atoms with Gasteiger partial charge in [0.05, 0.1) is 0 Å². The molecule has 0 amide bonds. The summed E-state index contributed by atoms with van der Waals surface area (Å²) < 4.78 is 0. The van der Waals surface area contributed by atoms with Crippen LogP contribution in [0, 0.1) is 0 Å². The van der Waals surface area contributed by atoms with Gasteiger partial charge in [0.15, 0.2) is 10.2 Å². The molecule has 0 radical (unpaired) electrons. The monoisotopic (exact) mass is 362 g/mol. The fourth-order valence-corrected chi connectivity index (χ4v) is 1.97. The number of nitrogens with zero attached hydrogens (tertiary/aromatic N) is 2. The molecule has 0 saturated heterocycles. The molecule has 0 rings (SSSR count). The molecule has 134 valence electrons. The maximum absolute atomic E-state index is 5.31. The van der Waals surface area contributed by atoms with Gasteiger partial charge >= 0.3 is 0 Å². The van der Waals surface area contributed by atoms with Crippen molar-refractivity contribution in [2.24, 2.45) is 21.7 Å². The van der Waals surface area contributed by atoms with Crippen molar-refractivity contribution >= 4 is 46.1 Å². The van der Waals surface area contributed by atoms with E-state index in [1.807, 2.05) is 13.8 Å². The molecule has 0 bridgehead atoms.